The van der Waals surface area contributed by atoms with Crippen LogP contribution < -0.4 is 0 Å². The second-order valence-electron chi connectivity index (χ2n) is 5.22. The first-order chi connectivity index (χ1) is 9.48. The average molecular weight is 307 g/mol. The number of carboxylic acid groups (broad SMARTS) is 1. The molecular formula is C14H17F4NO2. The summed E-state index contributed by atoms with van der Waals surface area (Å²) in [4.78, 5) is 12.7. The zero-order chi connectivity index (χ0) is 16.4. The van der Waals surface area contributed by atoms with Gasteiger partial charge in [0.05, 0.1) is 5.56 Å². The standard InChI is InChI=1S/C14H17F4NO2/c1-4-19(13(2,3)12(20)21)8-9-5-10(14(16,17)18)7-11(15)6-9/h5-7H,4,8H2,1-3H3,(H,20,21). The van der Waals surface area contributed by atoms with Crippen LogP contribution in [0, 0.1) is 5.82 Å². The van der Waals surface area contributed by atoms with E-state index in [9.17, 15) is 22.4 Å². The number of benzene rings is 1. The molecule has 0 aliphatic heterocycles. The minimum absolute atomic E-state index is 0.0819. The molecule has 0 radical (unpaired) electrons. The summed E-state index contributed by atoms with van der Waals surface area (Å²) in [6.45, 7) is 4.80. The molecule has 0 saturated carbocycles. The molecule has 0 heterocycles. The van der Waals surface area contributed by atoms with Crippen molar-refractivity contribution in [2.24, 2.45) is 0 Å². The predicted molar refractivity (Wildman–Crippen MR) is 69.2 cm³/mol. The Balaban J connectivity index is 3.12. The van der Waals surface area contributed by atoms with Gasteiger partial charge in [0.1, 0.15) is 11.4 Å². The highest BCUT2D eigenvalue weighted by atomic mass is 19.4. The Morgan fingerprint density at radius 1 is 1.24 bits per heavy atom. The summed E-state index contributed by atoms with van der Waals surface area (Å²) in [6, 6.07) is 2.24. The van der Waals surface area contributed by atoms with Crippen LogP contribution in [0.25, 0.3) is 0 Å². The van der Waals surface area contributed by atoms with E-state index in [1.165, 1.54) is 18.7 Å². The molecular weight excluding hydrogens is 290 g/mol. The molecule has 0 aliphatic rings. The predicted octanol–water partition coefficient (Wildman–Crippen LogP) is 3.53. The molecule has 3 nitrogen and oxygen atoms in total. The molecule has 0 bridgehead atoms. The van der Waals surface area contributed by atoms with Crippen LogP contribution in [0.5, 0.6) is 0 Å². The van der Waals surface area contributed by atoms with Crippen LogP contribution in [-0.4, -0.2) is 28.1 Å². The molecule has 0 spiro atoms. The number of hydrogen-bond donors (Lipinski definition) is 1. The van der Waals surface area contributed by atoms with Gasteiger partial charge in [0.25, 0.3) is 0 Å². The van der Waals surface area contributed by atoms with Crippen LogP contribution >= 0.6 is 0 Å². The van der Waals surface area contributed by atoms with Crippen LogP contribution in [0.2, 0.25) is 0 Å². The lowest BCUT2D eigenvalue weighted by atomic mass is 10.0. The van der Waals surface area contributed by atoms with Crippen molar-refractivity contribution in [1.82, 2.24) is 4.90 Å². The van der Waals surface area contributed by atoms with Crippen LogP contribution in [0.1, 0.15) is 31.9 Å². The van der Waals surface area contributed by atoms with E-state index >= 15 is 0 Å². The molecule has 0 saturated heterocycles. The molecule has 7 heteroatoms. The van der Waals surface area contributed by atoms with Gasteiger partial charge in [-0.05, 0) is 44.2 Å². The maximum absolute atomic E-state index is 13.3. The Morgan fingerprint density at radius 2 is 1.81 bits per heavy atom. The van der Waals surface area contributed by atoms with Crippen molar-refractivity contribution in [1.29, 1.82) is 0 Å². The van der Waals surface area contributed by atoms with Crippen LogP contribution in [0.3, 0.4) is 0 Å². The van der Waals surface area contributed by atoms with Crippen molar-refractivity contribution in [2.75, 3.05) is 6.54 Å². The van der Waals surface area contributed by atoms with Gasteiger partial charge < -0.3 is 5.11 Å². The first-order valence-corrected chi connectivity index (χ1v) is 6.33. The molecule has 0 amide bonds. The lowest BCUT2D eigenvalue weighted by molar-refractivity contribution is -0.149. The Labute approximate surface area is 120 Å². The lowest BCUT2D eigenvalue weighted by Crippen LogP contribution is -2.49. The molecule has 0 aliphatic carbocycles. The molecule has 0 unspecified atom stereocenters. The van der Waals surface area contributed by atoms with Gasteiger partial charge in [-0.2, -0.15) is 13.2 Å². The molecule has 1 aromatic carbocycles. The van der Waals surface area contributed by atoms with Gasteiger partial charge in [0.2, 0.25) is 0 Å². The van der Waals surface area contributed by atoms with E-state index in [1.54, 1.807) is 6.92 Å². The molecule has 0 fully saturated rings. The molecule has 0 aromatic heterocycles. The quantitative estimate of drug-likeness (QED) is 0.846. The Kier molecular flexibility index (Phi) is 4.99. The number of hydrogen-bond acceptors (Lipinski definition) is 2. The average Bonchev–Trinajstić information content (AvgIpc) is 2.33. The highest BCUT2D eigenvalue weighted by molar-refractivity contribution is 5.77. The fraction of sp³-hybridized carbons (Fsp3) is 0.500. The third-order valence-corrected chi connectivity index (χ3v) is 3.35. The van der Waals surface area contributed by atoms with E-state index in [0.29, 0.717) is 12.6 Å². The second-order valence-corrected chi connectivity index (χ2v) is 5.22. The third kappa shape index (κ3) is 4.17. The van der Waals surface area contributed by atoms with E-state index in [4.69, 9.17) is 5.11 Å². The van der Waals surface area contributed by atoms with Gasteiger partial charge in [-0.15, -0.1) is 0 Å². The summed E-state index contributed by atoms with van der Waals surface area (Å²) < 4.78 is 51.3. The summed E-state index contributed by atoms with van der Waals surface area (Å²) in [5, 5.41) is 9.16. The van der Waals surface area contributed by atoms with Crippen molar-refractivity contribution >= 4 is 5.97 Å². The maximum Gasteiger partial charge on any atom is 0.416 e. The summed E-state index contributed by atoms with van der Waals surface area (Å²) in [5.41, 5.74) is -2.26. The van der Waals surface area contributed by atoms with Gasteiger partial charge in [-0.3, -0.25) is 9.69 Å². The molecule has 1 rings (SSSR count). The normalized spacial score (nSPS) is 12.8. The fourth-order valence-corrected chi connectivity index (χ4v) is 1.97. The number of carbonyl (C=O) groups is 1. The van der Waals surface area contributed by atoms with Gasteiger partial charge in [-0.1, -0.05) is 6.92 Å². The summed E-state index contributed by atoms with van der Waals surface area (Å²) in [5.74, 6) is -2.10. The third-order valence-electron chi connectivity index (χ3n) is 3.35. The molecule has 1 aromatic rings. The highest BCUT2D eigenvalue weighted by Gasteiger charge is 2.35. The van der Waals surface area contributed by atoms with Crippen LogP contribution in [0.4, 0.5) is 17.6 Å². The molecule has 1 N–H and O–H groups in total. The summed E-state index contributed by atoms with van der Waals surface area (Å²) >= 11 is 0. The van der Waals surface area contributed by atoms with Gasteiger partial charge >= 0.3 is 12.1 Å². The van der Waals surface area contributed by atoms with Crippen molar-refractivity contribution in [3.63, 3.8) is 0 Å². The van der Waals surface area contributed by atoms with Crippen LogP contribution in [0.15, 0.2) is 18.2 Å². The van der Waals surface area contributed by atoms with Crippen LogP contribution in [-0.2, 0) is 17.5 Å². The summed E-state index contributed by atoms with van der Waals surface area (Å²) in [6.07, 6.45) is -4.64. The Morgan fingerprint density at radius 3 is 2.24 bits per heavy atom. The highest BCUT2D eigenvalue weighted by Crippen LogP contribution is 2.31. The number of likely N-dealkylation sites (N-methyl/N-ethyl adjacent to an activating group) is 1. The lowest BCUT2D eigenvalue weighted by Gasteiger charge is -2.34. The minimum Gasteiger partial charge on any atom is -0.480 e. The second kappa shape index (κ2) is 6.01. The van der Waals surface area contributed by atoms with E-state index in [-0.39, 0.29) is 12.1 Å². The van der Waals surface area contributed by atoms with Gasteiger partial charge in [0, 0.05) is 6.54 Å². The van der Waals surface area contributed by atoms with E-state index in [2.05, 4.69) is 0 Å². The first-order valence-electron chi connectivity index (χ1n) is 6.33. The van der Waals surface area contributed by atoms with Gasteiger partial charge in [0.15, 0.2) is 0 Å². The fourth-order valence-electron chi connectivity index (χ4n) is 1.97. The SMILES string of the molecule is CCN(Cc1cc(F)cc(C(F)(F)F)c1)C(C)(C)C(=O)O. The van der Waals surface area contributed by atoms with E-state index < -0.39 is 29.1 Å². The number of alkyl halides is 3. The summed E-state index contributed by atoms with van der Waals surface area (Å²) in [7, 11) is 0. The van der Waals surface area contributed by atoms with Crippen molar-refractivity contribution in [3.05, 3.63) is 35.1 Å². The topological polar surface area (TPSA) is 40.5 Å². The largest absolute Gasteiger partial charge is 0.480 e. The number of nitrogens with zero attached hydrogens (tertiary/aromatic N) is 1. The molecule has 21 heavy (non-hydrogen) atoms. The Bertz CT molecular complexity index is 526. The smallest absolute Gasteiger partial charge is 0.416 e. The number of rotatable bonds is 5. The zero-order valence-electron chi connectivity index (χ0n) is 12.0. The number of carboxylic acids is 1. The molecule has 118 valence electrons. The Hall–Kier alpha value is -1.63. The van der Waals surface area contributed by atoms with E-state index in [1.807, 2.05) is 0 Å². The van der Waals surface area contributed by atoms with Crippen molar-refractivity contribution < 1.29 is 27.5 Å². The molecule has 0 atom stereocenters. The minimum atomic E-state index is -4.64. The number of aliphatic carboxylic acids is 1. The van der Waals surface area contributed by atoms with Crippen molar-refractivity contribution in [2.45, 2.75) is 39.0 Å². The monoisotopic (exact) mass is 307 g/mol. The first kappa shape index (κ1) is 17.4. The van der Waals surface area contributed by atoms with Gasteiger partial charge in [-0.25, -0.2) is 4.39 Å². The number of halogens is 4. The van der Waals surface area contributed by atoms with E-state index in [0.717, 1.165) is 12.1 Å². The van der Waals surface area contributed by atoms with Crippen molar-refractivity contribution in [3.8, 4) is 0 Å². The maximum atomic E-state index is 13.3. The zero-order valence-corrected chi connectivity index (χ0v) is 12.0.